The van der Waals surface area contributed by atoms with Gasteiger partial charge >= 0.3 is 0 Å². The van der Waals surface area contributed by atoms with Crippen molar-refractivity contribution in [2.75, 3.05) is 6.54 Å². The summed E-state index contributed by atoms with van der Waals surface area (Å²) in [6.07, 6.45) is 4.20. The molecule has 1 fully saturated rings. The van der Waals surface area contributed by atoms with Gasteiger partial charge in [-0.2, -0.15) is 0 Å². The van der Waals surface area contributed by atoms with Crippen LogP contribution >= 0.6 is 11.3 Å². The average molecular weight is 332 g/mol. The van der Waals surface area contributed by atoms with Crippen molar-refractivity contribution in [1.29, 1.82) is 0 Å². The smallest absolute Gasteiger partial charge is 0.290 e. The number of nitrogens with two attached hydrogens (primary N) is 1. The Hall–Kier alpha value is -2.22. The summed E-state index contributed by atoms with van der Waals surface area (Å²) in [6, 6.07) is -0.614. The second-order valence-corrected chi connectivity index (χ2v) is 7.09. The number of aromatic nitrogens is 2. The zero-order valence-electron chi connectivity index (χ0n) is 12.4. The first-order valence-corrected chi connectivity index (χ1v) is 8.53. The predicted molar refractivity (Wildman–Crippen MR) is 85.5 cm³/mol. The maximum Gasteiger partial charge on any atom is 0.290 e. The van der Waals surface area contributed by atoms with E-state index >= 15 is 0 Å². The lowest BCUT2D eigenvalue weighted by molar-refractivity contribution is -0.121. The highest BCUT2D eigenvalue weighted by molar-refractivity contribution is 7.18. The molecule has 0 saturated carbocycles. The van der Waals surface area contributed by atoms with Crippen LogP contribution in [0.5, 0.6) is 0 Å². The number of primary amides is 1. The molecule has 1 aliphatic heterocycles. The summed E-state index contributed by atoms with van der Waals surface area (Å²) in [5, 5.41) is 0.618. The van der Waals surface area contributed by atoms with Crippen LogP contribution in [0.15, 0.2) is 4.79 Å². The highest BCUT2D eigenvalue weighted by Crippen LogP contribution is 2.34. The number of hydrogen-bond donors (Lipinski definition) is 2. The second kappa shape index (κ2) is 5.16. The number of thiophene rings is 1. The molecular formula is C15H16N4O3S. The summed E-state index contributed by atoms with van der Waals surface area (Å²) in [5.41, 5.74) is 6.16. The number of likely N-dealkylation sites (tertiary alicyclic amines) is 1. The topological polar surface area (TPSA) is 109 Å². The summed E-state index contributed by atoms with van der Waals surface area (Å²) >= 11 is 1.49. The molecule has 0 unspecified atom stereocenters. The average Bonchev–Trinajstić information content (AvgIpc) is 3.20. The zero-order valence-corrected chi connectivity index (χ0v) is 13.2. The number of aromatic amines is 1. The molecule has 3 N–H and O–H groups in total. The van der Waals surface area contributed by atoms with Gasteiger partial charge in [-0.15, -0.1) is 11.3 Å². The van der Waals surface area contributed by atoms with E-state index in [0.717, 1.165) is 31.2 Å². The predicted octanol–water partition coefficient (Wildman–Crippen LogP) is 0.563. The van der Waals surface area contributed by atoms with Crippen molar-refractivity contribution in [2.24, 2.45) is 5.73 Å². The molecule has 3 heterocycles. The molecule has 0 spiro atoms. The number of carbonyl (C=O) groups is 2. The number of hydrogen-bond acceptors (Lipinski definition) is 5. The molecule has 2 aliphatic rings. The van der Waals surface area contributed by atoms with Crippen LogP contribution in [0.4, 0.5) is 0 Å². The van der Waals surface area contributed by atoms with E-state index in [-0.39, 0.29) is 11.4 Å². The highest BCUT2D eigenvalue weighted by Gasteiger charge is 2.34. The van der Waals surface area contributed by atoms with Crippen LogP contribution in [-0.4, -0.2) is 39.3 Å². The largest absolute Gasteiger partial charge is 0.368 e. The van der Waals surface area contributed by atoms with Gasteiger partial charge in [0.05, 0.1) is 5.39 Å². The van der Waals surface area contributed by atoms with Crippen molar-refractivity contribution in [2.45, 2.75) is 38.1 Å². The molecule has 0 bridgehead atoms. The van der Waals surface area contributed by atoms with Crippen LogP contribution in [0.2, 0.25) is 0 Å². The minimum Gasteiger partial charge on any atom is -0.368 e. The Morgan fingerprint density at radius 2 is 2.13 bits per heavy atom. The Morgan fingerprint density at radius 1 is 1.30 bits per heavy atom. The Labute approximate surface area is 135 Å². The fraction of sp³-hybridized carbons (Fsp3) is 0.467. The Bertz CT molecular complexity index is 885. The van der Waals surface area contributed by atoms with Crippen molar-refractivity contribution < 1.29 is 9.59 Å². The van der Waals surface area contributed by atoms with E-state index in [0.29, 0.717) is 23.2 Å². The summed E-state index contributed by atoms with van der Waals surface area (Å²) in [5.74, 6) is -0.955. The molecule has 0 radical (unpaired) electrons. The Morgan fingerprint density at radius 3 is 2.91 bits per heavy atom. The van der Waals surface area contributed by atoms with Crippen molar-refractivity contribution in [1.82, 2.24) is 14.9 Å². The van der Waals surface area contributed by atoms with Gasteiger partial charge in [0.2, 0.25) is 11.7 Å². The van der Waals surface area contributed by atoms with E-state index < -0.39 is 17.9 Å². The van der Waals surface area contributed by atoms with Gasteiger partial charge in [-0.1, -0.05) is 0 Å². The number of nitrogens with zero attached hydrogens (tertiary/aromatic N) is 2. The number of amides is 2. The normalized spacial score (nSPS) is 20.2. The number of fused-ring (bicyclic) bond motifs is 3. The van der Waals surface area contributed by atoms with E-state index in [4.69, 9.17) is 5.73 Å². The van der Waals surface area contributed by atoms with Gasteiger partial charge < -0.3 is 15.6 Å². The van der Waals surface area contributed by atoms with Gasteiger partial charge in [0.15, 0.2) is 0 Å². The van der Waals surface area contributed by atoms with Gasteiger partial charge in [-0.3, -0.25) is 14.4 Å². The Kier molecular flexibility index (Phi) is 3.22. The van der Waals surface area contributed by atoms with E-state index in [1.54, 1.807) is 0 Å². The van der Waals surface area contributed by atoms with Crippen LogP contribution in [0.25, 0.3) is 10.2 Å². The maximum atomic E-state index is 12.6. The first-order chi connectivity index (χ1) is 11.1. The van der Waals surface area contributed by atoms with Crippen LogP contribution < -0.4 is 11.3 Å². The molecule has 2 aromatic heterocycles. The minimum atomic E-state index is -0.614. The number of H-pyrrole nitrogens is 1. The summed E-state index contributed by atoms with van der Waals surface area (Å²) in [7, 11) is 0. The standard InChI is InChI=1S/C15H16N4O3S/c16-11(20)8-4-2-6-19(8)15(22)12-17-13(21)10-7-3-1-5-9(7)23-14(10)18-12/h8H,1-6H2,(H2,16,20)(H,17,18,21)/t8-/m1/s1. The molecular weight excluding hydrogens is 316 g/mol. The number of nitrogens with one attached hydrogen (secondary N) is 1. The molecule has 1 saturated heterocycles. The van der Waals surface area contributed by atoms with Crippen LogP contribution in [0, 0.1) is 0 Å². The lowest BCUT2D eigenvalue weighted by atomic mass is 10.2. The molecule has 23 heavy (non-hydrogen) atoms. The monoisotopic (exact) mass is 332 g/mol. The van der Waals surface area contributed by atoms with E-state index in [1.807, 2.05) is 0 Å². The van der Waals surface area contributed by atoms with Gasteiger partial charge in [-0.25, -0.2) is 4.98 Å². The van der Waals surface area contributed by atoms with E-state index in [1.165, 1.54) is 21.1 Å². The third kappa shape index (κ3) is 2.16. The lowest BCUT2D eigenvalue weighted by Gasteiger charge is -2.21. The third-order valence-electron chi connectivity index (χ3n) is 4.62. The van der Waals surface area contributed by atoms with Gasteiger partial charge in [0.1, 0.15) is 10.9 Å². The summed E-state index contributed by atoms with van der Waals surface area (Å²) < 4.78 is 0. The Balaban J connectivity index is 1.76. The first kappa shape index (κ1) is 14.4. The lowest BCUT2D eigenvalue weighted by Crippen LogP contribution is -2.44. The van der Waals surface area contributed by atoms with Gasteiger partial charge in [0.25, 0.3) is 11.5 Å². The van der Waals surface area contributed by atoms with Crippen molar-refractivity contribution in [3.63, 3.8) is 0 Å². The minimum absolute atomic E-state index is 0.00410. The van der Waals surface area contributed by atoms with Crippen molar-refractivity contribution in [3.05, 3.63) is 26.6 Å². The zero-order chi connectivity index (χ0) is 16.1. The van der Waals surface area contributed by atoms with Crippen LogP contribution in [0.1, 0.15) is 40.3 Å². The van der Waals surface area contributed by atoms with E-state index in [9.17, 15) is 14.4 Å². The second-order valence-electron chi connectivity index (χ2n) is 6.01. The molecule has 8 heteroatoms. The van der Waals surface area contributed by atoms with Crippen molar-refractivity contribution in [3.8, 4) is 0 Å². The molecule has 1 atom stereocenters. The SMILES string of the molecule is NC(=O)[C@H]1CCCN1C(=O)c1nc2sc3c(c2c(=O)[nH]1)CCC3. The summed E-state index contributed by atoms with van der Waals surface area (Å²) in [4.78, 5) is 46.7. The highest BCUT2D eigenvalue weighted by atomic mass is 32.1. The number of aryl methyl sites for hydroxylation is 2. The third-order valence-corrected chi connectivity index (χ3v) is 5.81. The molecule has 0 aromatic carbocycles. The van der Waals surface area contributed by atoms with E-state index in [2.05, 4.69) is 9.97 Å². The van der Waals surface area contributed by atoms with Crippen molar-refractivity contribution >= 4 is 33.4 Å². The van der Waals surface area contributed by atoms with Gasteiger partial charge in [-0.05, 0) is 37.7 Å². The fourth-order valence-electron chi connectivity index (χ4n) is 3.55. The van der Waals surface area contributed by atoms with Crippen LogP contribution in [-0.2, 0) is 17.6 Å². The molecule has 2 amide bonds. The van der Waals surface area contributed by atoms with Crippen LogP contribution in [0.3, 0.4) is 0 Å². The first-order valence-electron chi connectivity index (χ1n) is 7.71. The molecule has 1 aliphatic carbocycles. The number of rotatable bonds is 2. The maximum absolute atomic E-state index is 12.6. The quantitative estimate of drug-likeness (QED) is 0.837. The molecule has 7 nitrogen and oxygen atoms in total. The number of carbonyl (C=O) groups excluding carboxylic acids is 2. The summed E-state index contributed by atoms with van der Waals surface area (Å²) in [6.45, 7) is 0.454. The van der Waals surface area contributed by atoms with Gasteiger partial charge in [0, 0.05) is 11.4 Å². The molecule has 120 valence electrons. The molecule has 2 aromatic rings. The molecule has 4 rings (SSSR count). The fourth-order valence-corrected chi connectivity index (χ4v) is 4.81.